The van der Waals surface area contributed by atoms with E-state index in [1.807, 2.05) is 90.4 Å². The van der Waals surface area contributed by atoms with Crippen LogP contribution in [0.4, 0.5) is 0 Å². The van der Waals surface area contributed by atoms with E-state index in [0.29, 0.717) is 22.5 Å². The molecule has 156 valence electrons. The predicted octanol–water partition coefficient (Wildman–Crippen LogP) is 5.30. The number of nitrogens with one attached hydrogen (secondary N) is 1. The fraction of sp³-hybridized carbons (Fsp3) is 0.125. The van der Waals surface area contributed by atoms with Crippen LogP contribution in [0.15, 0.2) is 84.0 Å². The van der Waals surface area contributed by atoms with Gasteiger partial charge in [-0.25, -0.2) is 0 Å². The zero-order valence-corrected chi connectivity index (χ0v) is 18.5. The van der Waals surface area contributed by atoms with Gasteiger partial charge in [-0.15, -0.1) is 10.2 Å². The first-order chi connectivity index (χ1) is 15.1. The van der Waals surface area contributed by atoms with Crippen molar-refractivity contribution in [3.8, 4) is 17.1 Å². The Morgan fingerprint density at radius 2 is 1.68 bits per heavy atom. The number of carbonyl (C=O) groups is 1. The summed E-state index contributed by atoms with van der Waals surface area (Å²) < 4.78 is 1.96. The van der Waals surface area contributed by atoms with Gasteiger partial charge in [0.2, 0.25) is 5.91 Å². The highest BCUT2D eigenvalue weighted by Gasteiger charge is 2.19. The van der Waals surface area contributed by atoms with E-state index in [1.165, 1.54) is 11.8 Å². The van der Waals surface area contributed by atoms with Crippen LogP contribution in [-0.4, -0.2) is 26.4 Å². The van der Waals surface area contributed by atoms with Gasteiger partial charge >= 0.3 is 0 Å². The lowest BCUT2D eigenvalue weighted by Crippen LogP contribution is -2.24. The van der Waals surface area contributed by atoms with E-state index in [9.17, 15) is 4.79 Å². The Kier molecular flexibility index (Phi) is 6.70. The molecule has 0 aliphatic heterocycles. The fourth-order valence-electron chi connectivity index (χ4n) is 3.19. The molecule has 3 aromatic carbocycles. The Bertz CT molecular complexity index is 1190. The monoisotopic (exact) mass is 448 g/mol. The number of carbonyl (C=O) groups excluding carboxylic acids is 1. The second-order valence-corrected chi connectivity index (χ2v) is 8.31. The molecule has 0 aliphatic carbocycles. The number of hydrogen-bond acceptors (Lipinski definition) is 4. The molecule has 1 aromatic heterocycles. The average molecular weight is 449 g/mol. The van der Waals surface area contributed by atoms with Gasteiger partial charge in [-0.05, 0) is 36.2 Å². The molecule has 0 saturated carbocycles. The summed E-state index contributed by atoms with van der Waals surface area (Å²) in [5, 5.41) is 13.0. The van der Waals surface area contributed by atoms with Gasteiger partial charge < -0.3 is 5.32 Å². The average Bonchev–Trinajstić information content (AvgIpc) is 3.21. The van der Waals surface area contributed by atoms with Crippen molar-refractivity contribution in [2.24, 2.45) is 0 Å². The number of amides is 1. The Balaban J connectivity index is 1.58. The third kappa shape index (κ3) is 4.98. The largest absolute Gasteiger partial charge is 0.351 e. The number of benzene rings is 3. The number of nitrogens with zero attached hydrogens (tertiary/aromatic N) is 3. The van der Waals surface area contributed by atoms with E-state index < -0.39 is 0 Å². The molecule has 4 rings (SSSR count). The maximum Gasteiger partial charge on any atom is 0.230 e. The maximum atomic E-state index is 12.4. The number of halogens is 1. The molecule has 31 heavy (non-hydrogen) atoms. The lowest BCUT2D eigenvalue weighted by molar-refractivity contribution is -0.118. The topological polar surface area (TPSA) is 59.8 Å². The van der Waals surface area contributed by atoms with Crippen molar-refractivity contribution in [1.82, 2.24) is 20.1 Å². The Hall–Kier alpha value is -3.09. The summed E-state index contributed by atoms with van der Waals surface area (Å²) in [6.45, 7) is 2.53. The number of para-hydroxylation sites is 1. The van der Waals surface area contributed by atoms with Gasteiger partial charge in [-0.2, -0.15) is 0 Å². The summed E-state index contributed by atoms with van der Waals surface area (Å²) >= 11 is 7.79. The van der Waals surface area contributed by atoms with Gasteiger partial charge in [0, 0.05) is 12.1 Å². The number of aromatic nitrogens is 3. The highest BCUT2D eigenvalue weighted by molar-refractivity contribution is 7.99. The van der Waals surface area contributed by atoms with Crippen LogP contribution < -0.4 is 5.32 Å². The van der Waals surface area contributed by atoms with E-state index in [4.69, 9.17) is 11.6 Å². The van der Waals surface area contributed by atoms with Crippen LogP contribution in [0.1, 0.15) is 11.1 Å². The van der Waals surface area contributed by atoms with Crippen LogP contribution in [0, 0.1) is 6.92 Å². The van der Waals surface area contributed by atoms with Crippen LogP contribution >= 0.6 is 23.4 Å². The number of hydrogen-bond donors (Lipinski definition) is 1. The second kappa shape index (κ2) is 9.81. The zero-order chi connectivity index (χ0) is 21.6. The van der Waals surface area contributed by atoms with Crippen LogP contribution in [0.5, 0.6) is 0 Å². The Labute approximate surface area is 190 Å². The summed E-state index contributed by atoms with van der Waals surface area (Å²) in [5.41, 5.74) is 3.88. The molecule has 0 radical (unpaired) electrons. The maximum absolute atomic E-state index is 12.4. The summed E-state index contributed by atoms with van der Waals surface area (Å²) in [7, 11) is 0. The first-order valence-corrected chi connectivity index (χ1v) is 11.2. The van der Waals surface area contributed by atoms with Crippen LogP contribution in [0.3, 0.4) is 0 Å². The minimum Gasteiger partial charge on any atom is -0.351 e. The highest BCUT2D eigenvalue weighted by atomic mass is 35.5. The van der Waals surface area contributed by atoms with Gasteiger partial charge in [0.15, 0.2) is 11.0 Å². The molecule has 0 saturated heterocycles. The molecule has 1 amide bonds. The van der Waals surface area contributed by atoms with Gasteiger partial charge in [-0.1, -0.05) is 84.0 Å². The normalized spacial score (nSPS) is 10.8. The standard InChI is InChI=1S/C24H21ClN4OS/c1-17-9-5-8-14-21(17)29-23(19-12-6-7-13-20(19)25)27-28-24(29)31-16-22(30)26-15-18-10-3-2-4-11-18/h2-14H,15-16H2,1H3,(H,26,30). The number of aryl methyl sites for hydroxylation is 1. The Morgan fingerprint density at radius 3 is 2.45 bits per heavy atom. The smallest absolute Gasteiger partial charge is 0.230 e. The van der Waals surface area contributed by atoms with E-state index >= 15 is 0 Å². The van der Waals surface area contributed by atoms with Crippen molar-refractivity contribution in [3.05, 3.63) is 95.0 Å². The molecule has 0 unspecified atom stereocenters. The third-order valence-corrected chi connectivity index (χ3v) is 6.03. The molecule has 5 nitrogen and oxygen atoms in total. The molecular weight excluding hydrogens is 428 g/mol. The van der Waals surface area contributed by atoms with Crippen molar-refractivity contribution in [2.75, 3.05) is 5.75 Å². The SMILES string of the molecule is Cc1ccccc1-n1c(SCC(=O)NCc2ccccc2)nnc1-c1ccccc1Cl. The summed E-state index contributed by atoms with van der Waals surface area (Å²) in [6.07, 6.45) is 0. The van der Waals surface area contributed by atoms with Gasteiger partial charge in [0.1, 0.15) is 0 Å². The lowest BCUT2D eigenvalue weighted by atomic mass is 10.1. The van der Waals surface area contributed by atoms with Crippen molar-refractivity contribution >= 4 is 29.3 Å². The molecule has 1 N–H and O–H groups in total. The van der Waals surface area contributed by atoms with Gasteiger partial charge in [-0.3, -0.25) is 9.36 Å². The van der Waals surface area contributed by atoms with E-state index in [1.54, 1.807) is 0 Å². The molecule has 1 heterocycles. The zero-order valence-electron chi connectivity index (χ0n) is 17.0. The van der Waals surface area contributed by atoms with E-state index in [-0.39, 0.29) is 11.7 Å². The minimum atomic E-state index is -0.0625. The second-order valence-electron chi connectivity index (χ2n) is 6.96. The van der Waals surface area contributed by atoms with E-state index in [2.05, 4.69) is 15.5 Å². The fourth-order valence-corrected chi connectivity index (χ4v) is 4.18. The molecule has 0 atom stereocenters. The van der Waals surface area contributed by atoms with Crippen molar-refractivity contribution < 1.29 is 4.79 Å². The van der Waals surface area contributed by atoms with Crippen molar-refractivity contribution in [1.29, 1.82) is 0 Å². The molecule has 0 spiro atoms. The summed E-state index contributed by atoms with van der Waals surface area (Å²) in [6, 6.07) is 25.4. The van der Waals surface area contributed by atoms with Crippen molar-refractivity contribution in [3.63, 3.8) is 0 Å². The lowest BCUT2D eigenvalue weighted by Gasteiger charge is -2.13. The number of rotatable bonds is 7. The molecule has 4 aromatic rings. The molecule has 7 heteroatoms. The quantitative estimate of drug-likeness (QED) is 0.389. The molecular formula is C24H21ClN4OS. The summed E-state index contributed by atoms with van der Waals surface area (Å²) in [5.74, 6) is 0.818. The molecule has 0 bridgehead atoms. The first-order valence-electron chi connectivity index (χ1n) is 9.83. The predicted molar refractivity (Wildman–Crippen MR) is 126 cm³/mol. The summed E-state index contributed by atoms with van der Waals surface area (Å²) in [4.78, 5) is 12.4. The van der Waals surface area contributed by atoms with Gasteiger partial charge in [0.05, 0.1) is 16.5 Å². The van der Waals surface area contributed by atoms with Crippen LogP contribution in [0.25, 0.3) is 17.1 Å². The first kappa shape index (κ1) is 21.2. The molecule has 0 aliphatic rings. The van der Waals surface area contributed by atoms with Crippen LogP contribution in [-0.2, 0) is 11.3 Å². The third-order valence-electron chi connectivity index (χ3n) is 4.77. The minimum absolute atomic E-state index is 0.0625. The number of thioether (sulfide) groups is 1. The van der Waals surface area contributed by atoms with Crippen LogP contribution in [0.2, 0.25) is 5.02 Å². The van der Waals surface area contributed by atoms with Gasteiger partial charge in [0.25, 0.3) is 0 Å². The Morgan fingerprint density at radius 1 is 0.968 bits per heavy atom. The van der Waals surface area contributed by atoms with E-state index in [0.717, 1.165) is 22.4 Å². The molecule has 0 fully saturated rings. The van der Waals surface area contributed by atoms with Crippen molar-refractivity contribution in [2.45, 2.75) is 18.6 Å². The highest BCUT2D eigenvalue weighted by Crippen LogP contribution is 2.32.